The van der Waals surface area contributed by atoms with Gasteiger partial charge in [-0.3, -0.25) is 14.9 Å². The molecule has 98 valence electrons. The van der Waals surface area contributed by atoms with Crippen LogP contribution in [0.1, 0.15) is 10.5 Å². The second kappa shape index (κ2) is 4.93. The van der Waals surface area contributed by atoms with Gasteiger partial charge in [0.25, 0.3) is 5.91 Å². The molecule has 6 heteroatoms. The lowest BCUT2D eigenvalue weighted by Crippen LogP contribution is -2.15. The van der Waals surface area contributed by atoms with Crippen LogP contribution in [0.3, 0.4) is 0 Å². The highest BCUT2D eigenvalue weighted by Crippen LogP contribution is 2.31. The molecule has 0 unspecified atom stereocenters. The zero-order valence-corrected chi connectivity index (χ0v) is 10.4. The Balaban J connectivity index is 2.30. The summed E-state index contributed by atoms with van der Waals surface area (Å²) in [7, 11) is 0. The maximum Gasteiger partial charge on any atom is 0.268 e. The number of benzene rings is 1. The summed E-state index contributed by atoms with van der Waals surface area (Å²) >= 11 is 0. The van der Waals surface area contributed by atoms with Gasteiger partial charge in [-0.25, -0.2) is 4.98 Å². The number of hydrogen-bond acceptors (Lipinski definition) is 4. The van der Waals surface area contributed by atoms with Crippen molar-refractivity contribution in [1.29, 1.82) is 0 Å². The summed E-state index contributed by atoms with van der Waals surface area (Å²) in [6.07, 6.45) is 3.00. The van der Waals surface area contributed by atoms with Gasteiger partial charge in [-0.1, -0.05) is 30.3 Å². The zero-order valence-electron chi connectivity index (χ0n) is 10.4. The Hall–Kier alpha value is -3.02. The van der Waals surface area contributed by atoms with E-state index >= 15 is 0 Å². The van der Waals surface area contributed by atoms with Crippen LogP contribution >= 0.6 is 0 Å². The number of H-pyrrole nitrogens is 1. The van der Waals surface area contributed by atoms with Gasteiger partial charge >= 0.3 is 0 Å². The number of rotatable bonds is 3. The van der Waals surface area contributed by atoms with E-state index in [1.165, 1.54) is 6.33 Å². The molecule has 2 aromatic heterocycles. The number of pyridine rings is 1. The molecule has 0 saturated carbocycles. The predicted octanol–water partition coefficient (Wildman–Crippen LogP) is 1.63. The molecule has 0 atom stereocenters. The number of carbonyl (C=O) groups excluding carboxylic acids is 1. The molecule has 0 aliphatic heterocycles. The van der Waals surface area contributed by atoms with E-state index in [-0.39, 0.29) is 5.69 Å². The van der Waals surface area contributed by atoms with Crippen molar-refractivity contribution < 1.29 is 4.79 Å². The summed E-state index contributed by atoms with van der Waals surface area (Å²) in [5, 5.41) is 6.66. The van der Waals surface area contributed by atoms with E-state index in [0.717, 1.165) is 11.1 Å². The van der Waals surface area contributed by atoms with E-state index in [4.69, 9.17) is 5.73 Å². The lowest BCUT2D eigenvalue weighted by molar-refractivity contribution is 0.0996. The third-order valence-electron chi connectivity index (χ3n) is 2.91. The van der Waals surface area contributed by atoms with E-state index in [2.05, 4.69) is 20.2 Å². The highest BCUT2D eigenvalue weighted by molar-refractivity contribution is 6.01. The SMILES string of the molecule is NC(=O)c1nccc(-c2ccccc2)c1-c1nc[nH]n1. The normalized spacial score (nSPS) is 10.4. The van der Waals surface area contributed by atoms with Gasteiger partial charge in [0.05, 0.1) is 5.56 Å². The molecule has 20 heavy (non-hydrogen) atoms. The Morgan fingerprint density at radius 1 is 1.10 bits per heavy atom. The van der Waals surface area contributed by atoms with Gasteiger partial charge in [-0.2, -0.15) is 5.10 Å². The number of carbonyl (C=O) groups is 1. The second-order valence-electron chi connectivity index (χ2n) is 4.14. The third-order valence-corrected chi connectivity index (χ3v) is 2.91. The summed E-state index contributed by atoms with van der Waals surface area (Å²) in [5.41, 5.74) is 7.85. The van der Waals surface area contributed by atoms with Gasteiger partial charge < -0.3 is 5.73 Å². The van der Waals surface area contributed by atoms with Crippen molar-refractivity contribution >= 4 is 5.91 Å². The molecule has 0 aliphatic rings. The summed E-state index contributed by atoms with van der Waals surface area (Å²) in [6, 6.07) is 11.5. The number of nitrogens with one attached hydrogen (secondary N) is 1. The van der Waals surface area contributed by atoms with Crippen LogP contribution in [-0.2, 0) is 0 Å². The van der Waals surface area contributed by atoms with E-state index in [9.17, 15) is 4.79 Å². The van der Waals surface area contributed by atoms with Crippen LogP contribution in [-0.4, -0.2) is 26.1 Å². The molecule has 2 heterocycles. The Kier molecular flexibility index (Phi) is 2.96. The van der Waals surface area contributed by atoms with E-state index < -0.39 is 5.91 Å². The van der Waals surface area contributed by atoms with Crippen molar-refractivity contribution in [3.63, 3.8) is 0 Å². The average molecular weight is 265 g/mol. The van der Waals surface area contributed by atoms with Crippen LogP contribution in [0.25, 0.3) is 22.5 Å². The average Bonchev–Trinajstić information content (AvgIpc) is 3.01. The Morgan fingerprint density at radius 2 is 1.90 bits per heavy atom. The topological polar surface area (TPSA) is 97.5 Å². The van der Waals surface area contributed by atoms with Crippen LogP contribution in [0.4, 0.5) is 0 Å². The van der Waals surface area contributed by atoms with Crippen molar-refractivity contribution in [2.75, 3.05) is 0 Å². The van der Waals surface area contributed by atoms with Gasteiger partial charge in [-0.05, 0) is 17.2 Å². The van der Waals surface area contributed by atoms with Crippen LogP contribution in [0, 0.1) is 0 Å². The highest BCUT2D eigenvalue weighted by Gasteiger charge is 2.19. The molecular formula is C14H11N5O. The molecule has 3 aromatic rings. The fraction of sp³-hybridized carbons (Fsp3) is 0. The second-order valence-corrected chi connectivity index (χ2v) is 4.14. The van der Waals surface area contributed by atoms with Gasteiger partial charge in [0.15, 0.2) is 5.82 Å². The van der Waals surface area contributed by atoms with Crippen molar-refractivity contribution in [2.24, 2.45) is 5.73 Å². The van der Waals surface area contributed by atoms with Crippen LogP contribution in [0.5, 0.6) is 0 Å². The summed E-state index contributed by atoms with van der Waals surface area (Å²) in [4.78, 5) is 19.7. The van der Waals surface area contributed by atoms with Crippen LogP contribution in [0.2, 0.25) is 0 Å². The standard InChI is InChI=1S/C14H11N5O/c15-13(20)12-11(14-17-8-18-19-14)10(6-7-16-12)9-4-2-1-3-5-9/h1-8H,(H2,15,20)(H,17,18,19). The van der Waals surface area contributed by atoms with Gasteiger partial charge in [0.2, 0.25) is 0 Å². The molecular weight excluding hydrogens is 254 g/mol. The first kappa shape index (κ1) is 12.0. The highest BCUT2D eigenvalue weighted by atomic mass is 16.1. The van der Waals surface area contributed by atoms with Crippen LogP contribution in [0.15, 0.2) is 48.9 Å². The zero-order chi connectivity index (χ0) is 13.9. The van der Waals surface area contributed by atoms with Gasteiger partial charge in [-0.15, -0.1) is 0 Å². The molecule has 3 N–H and O–H groups in total. The van der Waals surface area contributed by atoms with Gasteiger partial charge in [0.1, 0.15) is 12.0 Å². The monoisotopic (exact) mass is 265 g/mol. The van der Waals surface area contributed by atoms with Crippen molar-refractivity contribution in [2.45, 2.75) is 0 Å². The molecule has 0 saturated heterocycles. The number of primary amides is 1. The molecule has 0 bridgehead atoms. The van der Waals surface area contributed by atoms with Crippen molar-refractivity contribution in [1.82, 2.24) is 20.2 Å². The van der Waals surface area contributed by atoms with E-state index in [0.29, 0.717) is 11.4 Å². The van der Waals surface area contributed by atoms with Crippen molar-refractivity contribution in [3.8, 4) is 22.5 Å². The Labute approximate surface area is 114 Å². The molecule has 6 nitrogen and oxygen atoms in total. The first-order valence-corrected chi connectivity index (χ1v) is 5.97. The molecule has 3 rings (SSSR count). The summed E-state index contributed by atoms with van der Waals surface area (Å²) in [5.74, 6) is -0.215. The first-order chi connectivity index (χ1) is 9.77. The molecule has 0 radical (unpaired) electrons. The predicted molar refractivity (Wildman–Crippen MR) is 73.6 cm³/mol. The maximum atomic E-state index is 11.6. The van der Waals surface area contributed by atoms with Gasteiger partial charge in [0, 0.05) is 6.20 Å². The quantitative estimate of drug-likeness (QED) is 0.752. The molecule has 1 aromatic carbocycles. The lowest BCUT2D eigenvalue weighted by atomic mass is 9.98. The maximum absolute atomic E-state index is 11.6. The fourth-order valence-corrected chi connectivity index (χ4v) is 2.06. The minimum Gasteiger partial charge on any atom is -0.364 e. The van der Waals surface area contributed by atoms with Crippen molar-refractivity contribution in [3.05, 3.63) is 54.6 Å². The van der Waals surface area contributed by atoms with E-state index in [1.54, 1.807) is 6.20 Å². The van der Waals surface area contributed by atoms with Crippen LogP contribution < -0.4 is 5.73 Å². The molecule has 0 aliphatic carbocycles. The minimum atomic E-state index is -0.609. The number of hydrogen-bond donors (Lipinski definition) is 2. The number of aromatic amines is 1. The lowest BCUT2D eigenvalue weighted by Gasteiger charge is -2.09. The Morgan fingerprint density at radius 3 is 2.55 bits per heavy atom. The molecule has 0 fully saturated rings. The van der Waals surface area contributed by atoms with E-state index in [1.807, 2.05) is 36.4 Å². The summed E-state index contributed by atoms with van der Waals surface area (Å²) in [6.45, 7) is 0. The fourth-order valence-electron chi connectivity index (χ4n) is 2.06. The number of aromatic nitrogens is 4. The third kappa shape index (κ3) is 2.03. The number of nitrogens with two attached hydrogens (primary N) is 1. The Bertz CT molecular complexity index is 738. The molecule has 1 amide bonds. The minimum absolute atomic E-state index is 0.158. The molecule has 0 spiro atoms. The smallest absolute Gasteiger partial charge is 0.268 e. The first-order valence-electron chi connectivity index (χ1n) is 5.97. The largest absolute Gasteiger partial charge is 0.364 e. The number of nitrogens with zero attached hydrogens (tertiary/aromatic N) is 3. The number of amides is 1. The summed E-state index contributed by atoms with van der Waals surface area (Å²) < 4.78 is 0.